The van der Waals surface area contributed by atoms with Crippen molar-refractivity contribution in [1.29, 1.82) is 0 Å². The van der Waals surface area contributed by atoms with Crippen molar-refractivity contribution in [2.45, 2.75) is 23.8 Å². The molecule has 4 rings (SSSR count). The molecule has 0 saturated carbocycles. The van der Waals surface area contributed by atoms with Crippen LogP contribution in [0.4, 0.5) is 15.8 Å². The summed E-state index contributed by atoms with van der Waals surface area (Å²) in [5.74, 6) is -3.60. The lowest BCUT2D eigenvalue weighted by atomic mass is 10.0. The molecule has 1 atom stereocenters. The van der Waals surface area contributed by atoms with Gasteiger partial charge in [-0.3, -0.25) is 39.5 Å². The van der Waals surface area contributed by atoms with Crippen LogP contribution in [-0.2, 0) is 29.1 Å². The fourth-order valence-corrected chi connectivity index (χ4v) is 5.30. The van der Waals surface area contributed by atoms with Crippen LogP contribution in [0.15, 0.2) is 41.3 Å². The summed E-state index contributed by atoms with van der Waals surface area (Å²) in [6.07, 6.45) is -0.0400. The van der Waals surface area contributed by atoms with E-state index in [4.69, 9.17) is 9.47 Å². The Morgan fingerprint density at radius 1 is 0.976 bits per heavy atom. The van der Waals surface area contributed by atoms with E-state index in [1.165, 1.54) is 6.07 Å². The van der Waals surface area contributed by atoms with E-state index in [2.05, 4.69) is 15.4 Å². The maximum Gasteiger partial charge on any atom is 0.269 e. The number of carbonyl (C=O) groups excluding carboxylic acids is 4. The molecule has 0 bridgehead atoms. The van der Waals surface area contributed by atoms with Crippen LogP contribution >= 0.6 is 0 Å². The quantitative estimate of drug-likeness (QED) is 0.117. The van der Waals surface area contributed by atoms with Gasteiger partial charge in [-0.15, -0.1) is 0 Å². The van der Waals surface area contributed by atoms with Crippen LogP contribution in [0.3, 0.4) is 0 Å². The third-order valence-electron chi connectivity index (χ3n) is 6.36. The number of hydrogen-bond donors (Lipinski definition) is 3. The fourth-order valence-electron chi connectivity index (χ4n) is 4.28. The van der Waals surface area contributed by atoms with E-state index >= 15 is 0 Å². The zero-order chi connectivity index (χ0) is 30.4. The summed E-state index contributed by atoms with van der Waals surface area (Å²) >= 11 is 0. The van der Waals surface area contributed by atoms with Gasteiger partial charge in [0, 0.05) is 31.6 Å². The molecule has 3 N–H and O–H groups in total. The monoisotopic (exact) mass is 607 g/mol. The Hall–Kier alpha value is -4.32. The van der Waals surface area contributed by atoms with E-state index in [1.807, 2.05) is 0 Å². The zero-order valence-corrected chi connectivity index (χ0v) is 22.8. The highest BCUT2D eigenvalue weighted by Crippen LogP contribution is 2.31. The molecule has 2 aromatic carbocycles. The summed E-state index contributed by atoms with van der Waals surface area (Å²) in [5, 5.41) is 15.6. The van der Waals surface area contributed by atoms with Gasteiger partial charge >= 0.3 is 0 Å². The number of amides is 4. The first kappa shape index (κ1) is 30.6. The van der Waals surface area contributed by atoms with Gasteiger partial charge in [0.15, 0.2) is 0 Å². The van der Waals surface area contributed by atoms with Gasteiger partial charge in [-0.05, 0) is 30.7 Å². The maximum absolute atomic E-state index is 14.6. The number of anilines is 1. The van der Waals surface area contributed by atoms with Crippen molar-refractivity contribution < 1.29 is 46.4 Å². The van der Waals surface area contributed by atoms with E-state index in [-0.39, 0.29) is 79.8 Å². The van der Waals surface area contributed by atoms with Crippen molar-refractivity contribution in [2.24, 2.45) is 0 Å². The van der Waals surface area contributed by atoms with E-state index in [0.29, 0.717) is 0 Å². The van der Waals surface area contributed by atoms with Crippen LogP contribution in [0.25, 0.3) is 0 Å². The van der Waals surface area contributed by atoms with Gasteiger partial charge in [0.05, 0.1) is 53.1 Å². The zero-order valence-electron chi connectivity index (χ0n) is 22.0. The highest BCUT2D eigenvalue weighted by atomic mass is 32.2. The van der Waals surface area contributed by atoms with Gasteiger partial charge < -0.3 is 14.8 Å². The van der Waals surface area contributed by atoms with Crippen molar-refractivity contribution in [2.75, 3.05) is 44.8 Å². The highest BCUT2D eigenvalue weighted by Gasteiger charge is 2.45. The predicted octanol–water partition coefficient (Wildman–Crippen LogP) is 0.559. The van der Waals surface area contributed by atoms with Gasteiger partial charge in [-0.2, -0.15) is 0 Å². The molecule has 1 saturated heterocycles. The summed E-state index contributed by atoms with van der Waals surface area (Å²) < 4.78 is 52.1. The Balaban J connectivity index is 1.15. The van der Waals surface area contributed by atoms with E-state index in [0.717, 1.165) is 35.2 Å². The van der Waals surface area contributed by atoms with Crippen molar-refractivity contribution in [3.8, 4) is 0 Å². The minimum Gasteiger partial charge on any atom is -0.380 e. The van der Waals surface area contributed by atoms with Gasteiger partial charge in [0.2, 0.25) is 21.8 Å². The van der Waals surface area contributed by atoms with E-state index in [9.17, 15) is 42.1 Å². The molecule has 2 heterocycles. The van der Waals surface area contributed by atoms with Gasteiger partial charge in [0.1, 0.15) is 11.9 Å². The minimum atomic E-state index is -3.86. The Morgan fingerprint density at radius 2 is 1.60 bits per heavy atom. The minimum absolute atomic E-state index is 0.0113. The number of carbonyl (C=O) groups is 4. The molecule has 2 aliphatic rings. The summed E-state index contributed by atoms with van der Waals surface area (Å²) in [6.45, 7) is 0.555. The summed E-state index contributed by atoms with van der Waals surface area (Å²) in [5.41, 5.74) is -0.502. The highest BCUT2D eigenvalue weighted by molar-refractivity contribution is 7.89. The third kappa shape index (κ3) is 6.93. The SMILES string of the molecule is O=C1CCC(N2C(=O)c3cc(F)c(NCCOCCOCCNS(=O)(=O)c4ccc([N+](=O)[O-])cc4)cc3C2=O)C(=O)N1. The van der Waals surface area contributed by atoms with Crippen molar-refractivity contribution in [3.63, 3.8) is 0 Å². The Morgan fingerprint density at radius 3 is 2.21 bits per heavy atom. The molecule has 4 amide bonds. The summed E-state index contributed by atoms with van der Waals surface area (Å²) in [7, 11) is -3.86. The van der Waals surface area contributed by atoms with Crippen LogP contribution < -0.4 is 15.4 Å². The normalized spacial score (nSPS) is 16.9. The lowest BCUT2D eigenvalue weighted by Crippen LogP contribution is -2.54. The number of nitro benzene ring substituents is 1. The number of hydrogen-bond acceptors (Lipinski definition) is 11. The number of halogens is 1. The number of sulfonamides is 1. The van der Waals surface area contributed by atoms with Crippen LogP contribution in [0.5, 0.6) is 0 Å². The number of piperidine rings is 1. The second kappa shape index (κ2) is 13.1. The average molecular weight is 608 g/mol. The molecule has 0 aliphatic carbocycles. The summed E-state index contributed by atoms with van der Waals surface area (Å²) in [6, 6.07) is 5.41. The second-order valence-electron chi connectivity index (χ2n) is 9.13. The Labute approximate surface area is 238 Å². The molecule has 2 aromatic rings. The predicted molar refractivity (Wildman–Crippen MR) is 141 cm³/mol. The number of nitro groups is 1. The van der Waals surface area contributed by atoms with Crippen molar-refractivity contribution >= 4 is 45.0 Å². The largest absolute Gasteiger partial charge is 0.380 e. The number of rotatable bonds is 14. The molecule has 42 heavy (non-hydrogen) atoms. The van der Waals surface area contributed by atoms with Gasteiger partial charge in [0.25, 0.3) is 17.5 Å². The molecule has 2 aliphatic heterocycles. The standard InChI is InChI=1S/C25H26FN5O10S/c26-19-13-17-18(25(35)30(24(17)34)21-5-6-22(32)29-23(21)33)14-20(19)27-7-9-40-11-12-41-10-8-28-42(38,39)16-3-1-15(2-4-16)31(36)37/h1-4,13-14,21,27-28H,5-12H2,(H,29,32,33). The molecule has 224 valence electrons. The molecular formula is C25H26FN5O10S. The van der Waals surface area contributed by atoms with Crippen molar-refractivity contribution in [1.82, 2.24) is 14.9 Å². The number of nitrogens with one attached hydrogen (secondary N) is 3. The number of ether oxygens (including phenoxy) is 2. The maximum atomic E-state index is 14.6. The van der Waals surface area contributed by atoms with Crippen LogP contribution in [0, 0.1) is 15.9 Å². The van der Waals surface area contributed by atoms with Crippen molar-refractivity contribution in [3.05, 3.63) is 63.5 Å². The van der Waals surface area contributed by atoms with Crippen LogP contribution in [-0.4, -0.2) is 87.4 Å². The van der Waals surface area contributed by atoms with E-state index in [1.54, 1.807) is 0 Å². The third-order valence-corrected chi connectivity index (χ3v) is 7.83. The fraction of sp³-hybridized carbons (Fsp3) is 0.360. The first-order valence-corrected chi connectivity index (χ1v) is 14.2. The number of non-ortho nitro benzene ring substituents is 1. The molecule has 15 nitrogen and oxygen atoms in total. The molecule has 0 spiro atoms. The number of nitrogens with zero attached hydrogens (tertiary/aromatic N) is 2. The smallest absolute Gasteiger partial charge is 0.269 e. The van der Waals surface area contributed by atoms with E-state index < -0.39 is 50.4 Å². The van der Waals surface area contributed by atoms with Crippen LogP contribution in [0.2, 0.25) is 0 Å². The Bertz CT molecular complexity index is 1520. The van der Waals surface area contributed by atoms with Crippen LogP contribution in [0.1, 0.15) is 33.6 Å². The molecular weight excluding hydrogens is 581 g/mol. The first-order chi connectivity index (χ1) is 20.0. The topological polar surface area (TPSA) is 203 Å². The molecule has 1 fully saturated rings. The number of benzene rings is 2. The van der Waals surface area contributed by atoms with Gasteiger partial charge in [-0.25, -0.2) is 17.5 Å². The molecule has 17 heteroatoms. The number of fused-ring (bicyclic) bond motifs is 1. The molecule has 1 unspecified atom stereocenters. The molecule has 0 aromatic heterocycles. The lowest BCUT2D eigenvalue weighted by Gasteiger charge is -2.27. The summed E-state index contributed by atoms with van der Waals surface area (Å²) in [4.78, 5) is 59.8. The van der Waals surface area contributed by atoms with Gasteiger partial charge in [-0.1, -0.05) is 0 Å². The first-order valence-electron chi connectivity index (χ1n) is 12.7. The lowest BCUT2D eigenvalue weighted by molar-refractivity contribution is -0.384. The second-order valence-corrected chi connectivity index (χ2v) is 10.9. The Kier molecular flexibility index (Phi) is 9.56. The average Bonchev–Trinajstić information content (AvgIpc) is 3.18. The molecule has 0 radical (unpaired) electrons. The number of imide groups is 2.